The van der Waals surface area contributed by atoms with Crippen LogP contribution in [0.2, 0.25) is 0 Å². The number of carbonyl (C=O) groups excluding carboxylic acids is 1. The molecule has 116 valence electrons. The molecule has 1 aromatic carbocycles. The Morgan fingerprint density at radius 2 is 2.05 bits per heavy atom. The first-order chi connectivity index (χ1) is 10.6. The summed E-state index contributed by atoms with van der Waals surface area (Å²) in [5, 5.41) is 1.07. The van der Waals surface area contributed by atoms with E-state index in [2.05, 4.69) is 16.8 Å². The molecule has 2 aromatic rings. The van der Waals surface area contributed by atoms with E-state index in [4.69, 9.17) is 0 Å². The zero-order valence-corrected chi connectivity index (χ0v) is 13.9. The minimum atomic E-state index is 0.140. The maximum atomic E-state index is 12.6. The quantitative estimate of drug-likeness (QED) is 0.854. The molecule has 2 heterocycles. The second-order valence-corrected chi connectivity index (χ2v) is 6.97. The van der Waals surface area contributed by atoms with Gasteiger partial charge in [-0.2, -0.15) is 0 Å². The van der Waals surface area contributed by atoms with Crippen LogP contribution in [0.25, 0.3) is 0 Å². The molecular formula is C17H21N3OS. The van der Waals surface area contributed by atoms with Gasteiger partial charge in [0, 0.05) is 42.8 Å². The molecule has 0 atom stereocenters. The molecule has 1 amide bonds. The third kappa shape index (κ3) is 3.30. The van der Waals surface area contributed by atoms with E-state index in [-0.39, 0.29) is 5.91 Å². The van der Waals surface area contributed by atoms with Crippen LogP contribution in [0.4, 0.5) is 5.13 Å². The van der Waals surface area contributed by atoms with Crippen molar-refractivity contribution in [3.05, 3.63) is 46.5 Å². The zero-order valence-electron chi connectivity index (χ0n) is 13.1. The number of benzene rings is 1. The van der Waals surface area contributed by atoms with E-state index in [0.717, 1.165) is 48.9 Å². The van der Waals surface area contributed by atoms with Gasteiger partial charge in [-0.1, -0.05) is 17.7 Å². The molecule has 1 fully saturated rings. The van der Waals surface area contributed by atoms with Crippen molar-refractivity contribution in [2.75, 3.05) is 31.1 Å². The molecule has 0 radical (unpaired) electrons. The molecule has 1 aliphatic rings. The van der Waals surface area contributed by atoms with Crippen LogP contribution in [0.3, 0.4) is 0 Å². The number of amides is 1. The summed E-state index contributed by atoms with van der Waals surface area (Å²) < 4.78 is 0. The van der Waals surface area contributed by atoms with Gasteiger partial charge >= 0.3 is 0 Å². The van der Waals surface area contributed by atoms with E-state index >= 15 is 0 Å². The van der Waals surface area contributed by atoms with Crippen molar-refractivity contribution in [1.82, 2.24) is 9.88 Å². The highest BCUT2D eigenvalue weighted by molar-refractivity contribution is 7.15. The monoisotopic (exact) mass is 315 g/mol. The molecule has 0 N–H and O–H groups in total. The van der Waals surface area contributed by atoms with Crippen molar-refractivity contribution in [3.8, 4) is 0 Å². The SMILES string of the molecule is Cc1cccc(C(=O)N2CCCN(c3ncc(C)s3)CC2)c1. The van der Waals surface area contributed by atoms with Gasteiger partial charge in [0.1, 0.15) is 0 Å². The number of hydrogen-bond donors (Lipinski definition) is 0. The predicted octanol–water partition coefficient (Wildman–Crippen LogP) is 3.11. The largest absolute Gasteiger partial charge is 0.346 e. The van der Waals surface area contributed by atoms with E-state index in [9.17, 15) is 4.79 Å². The van der Waals surface area contributed by atoms with Crippen LogP contribution < -0.4 is 4.90 Å². The third-order valence-electron chi connectivity index (χ3n) is 3.93. The lowest BCUT2D eigenvalue weighted by Gasteiger charge is -2.22. The van der Waals surface area contributed by atoms with Gasteiger partial charge in [-0.05, 0) is 32.4 Å². The Bertz CT molecular complexity index is 667. The third-order valence-corrected chi connectivity index (χ3v) is 4.90. The second-order valence-electron chi connectivity index (χ2n) is 5.76. The summed E-state index contributed by atoms with van der Waals surface area (Å²) in [5.41, 5.74) is 1.92. The molecule has 0 unspecified atom stereocenters. The van der Waals surface area contributed by atoms with Crippen LogP contribution >= 0.6 is 11.3 Å². The Morgan fingerprint density at radius 3 is 2.77 bits per heavy atom. The van der Waals surface area contributed by atoms with Crippen LogP contribution in [0.15, 0.2) is 30.5 Å². The summed E-state index contributed by atoms with van der Waals surface area (Å²) in [7, 11) is 0. The van der Waals surface area contributed by atoms with E-state index in [0.29, 0.717) is 0 Å². The van der Waals surface area contributed by atoms with Crippen LogP contribution in [0.5, 0.6) is 0 Å². The molecule has 1 saturated heterocycles. The lowest BCUT2D eigenvalue weighted by atomic mass is 10.1. The zero-order chi connectivity index (χ0) is 15.5. The Labute approximate surface area is 135 Å². The summed E-state index contributed by atoms with van der Waals surface area (Å²) in [5.74, 6) is 0.140. The van der Waals surface area contributed by atoms with Crippen molar-refractivity contribution in [2.24, 2.45) is 0 Å². The number of nitrogens with zero attached hydrogens (tertiary/aromatic N) is 3. The van der Waals surface area contributed by atoms with Crippen molar-refractivity contribution < 1.29 is 4.79 Å². The normalized spacial score (nSPS) is 15.7. The van der Waals surface area contributed by atoms with Crippen LogP contribution in [0, 0.1) is 13.8 Å². The minimum Gasteiger partial charge on any atom is -0.346 e. The number of thiazole rings is 1. The van der Waals surface area contributed by atoms with Crippen LogP contribution in [-0.2, 0) is 0 Å². The van der Waals surface area contributed by atoms with Gasteiger partial charge < -0.3 is 9.80 Å². The Balaban J connectivity index is 1.68. The summed E-state index contributed by atoms with van der Waals surface area (Å²) in [6.07, 6.45) is 2.90. The first-order valence-corrected chi connectivity index (χ1v) is 8.48. The maximum Gasteiger partial charge on any atom is 0.253 e. The molecule has 5 heteroatoms. The molecule has 1 aliphatic heterocycles. The number of rotatable bonds is 2. The molecule has 0 spiro atoms. The molecule has 0 bridgehead atoms. The Hall–Kier alpha value is -1.88. The molecule has 22 heavy (non-hydrogen) atoms. The summed E-state index contributed by atoms with van der Waals surface area (Å²) in [6.45, 7) is 7.48. The lowest BCUT2D eigenvalue weighted by molar-refractivity contribution is 0.0767. The molecule has 0 saturated carbocycles. The maximum absolute atomic E-state index is 12.6. The first kappa shape index (κ1) is 15.0. The molecule has 0 aliphatic carbocycles. The van der Waals surface area contributed by atoms with Crippen molar-refractivity contribution in [1.29, 1.82) is 0 Å². The fourth-order valence-corrected chi connectivity index (χ4v) is 3.57. The highest BCUT2D eigenvalue weighted by Gasteiger charge is 2.21. The highest BCUT2D eigenvalue weighted by Crippen LogP contribution is 2.23. The Morgan fingerprint density at radius 1 is 1.18 bits per heavy atom. The molecule has 3 rings (SSSR count). The number of hydrogen-bond acceptors (Lipinski definition) is 4. The van der Waals surface area contributed by atoms with E-state index in [1.165, 1.54) is 4.88 Å². The van der Waals surface area contributed by atoms with Crippen molar-refractivity contribution >= 4 is 22.4 Å². The smallest absolute Gasteiger partial charge is 0.253 e. The molecule has 4 nitrogen and oxygen atoms in total. The topological polar surface area (TPSA) is 36.4 Å². The first-order valence-electron chi connectivity index (χ1n) is 7.67. The van der Waals surface area contributed by atoms with E-state index in [1.54, 1.807) is 11.3 Å². The number of aromatic nitrogens is 1. The standard InChI is InChI=1S/C17H21N3OS/c1-13-5-3-6-15(11-13)16(21)19-7-4-8-20(10-9-19)17-18-12-14(2)22-17/h3,5-6,11-12H,4,7-10H2,1-2H3. The molecule has 1 aromatic heterocycles. The van der Waals surface area contributed by atoms with Gasteiger partial charge in [0.2, 0.25) is 0 Å². The van der Waals surface area contributed by atoms with Gasteiger partial charge in [0.15, 0.2) is 5.13 Å². The highest BCUT2D eigenvalue weighted by atomic mass is 32.1. The summed E-state index contributed by atoms with van der Waals surface area (Å²) in [4.78, 5) is 22.6. The summed E-state index contributed by atoms with van der Waals surface area (Å²) >= 11 is 1.72. The average molecular weight is 315 g/mol. The van der Waals surface area contributed by atoms with Gasteiger partial charge in [-0.3, -0.25) is 4.79 Å². The fourth-order valence-electron chi connectivity index (χ4n) is 2.76. The Kier molecular flexibility index (Phi) is 4.43. The van der Waals surface area contributed by atoms with Crippen molar-refractivity contribution in [2.45, 2.75) is 20.3 Å². The summed E-state index contributed by atoms with van der Waals surface area (Å²) in [6, 6.07) is 7.84. The predicted molar refractivity (Wildman–Crippen MR) is 90.8 cm³/mol. The number of carbonyl (C=O) groups is 1. The van der Waals surface area contributed by atoms with E-state index in [1.807, 2.05) is 42.3 Å². The fraction of sp³-hybridized carbons (Fsp3) is 0.412. The number of aryl methyl sites for hydroxylation is 2. The average Bonchev–Trinajstić information content (AvgIpc) is 2.80. The van der Waals surface area contributed by atoms with Crippen LogP contribution in [-0.4, -0.2) is 42.0 Å². The van der Waals surface area contributed by atoms with Gasteiger partial charge in [0.25, 0.3) is 5.91 Å². The van der Waals surface area contributed by atoms with E-state index < -0.39 is 0 Å². The van der Waals surface area contributed by atoms with Gasteiger partial charge in [0.05, 0.1) is 0 Å². The van der Waals surface area contributed by atoms with Gasteiger partial charge in [-0.15, -0.1) is 11.3 Å². The second kappa shape index (κ2) is 6.48. The number of anilines is 1. The lowest BCUT2D eigenvalue weighted by Crippen LogP contribution is -2.35. The van der Waals surface area contributed by atoms with Crippen molar-refractivity contribution in [3.63, 3.8) is 0 Å². The molecular weight excluding hydrogens is 294 g/mol. The van der Waals surface area contributed by atoms with Crippen LogP contribution in [0.1, 0.15) is 27.2 Å². The van der Waals surface area contributed by atoms with Gasteiger partial charge in [-0.25, -0.2) is 4.98 Å². The minimum absolute atomic E-state index is 0.140.